The number of hydrogen-bond donors (Lipinski definition) is 3. The molecule has 7 heteroatoms. The summed E-state index contributed by atoms with van der Waals surface area (Å²) in [6.45, 7) is 1.76. The zero-order chi connectivity index (χ0) is 19.4. The second-order valence-electron chi connectivity index (χ2n) is 5.83. The molecule has 0 spiro atoms. The summed E-state index contributed by atoms with van der Waals surface area (Å²) in [5, 5.41) is 18.5. The van der Waals surface area contributed by atoms with Crippen molar-refractivity contribution < 1.29 is 14.7 Å². The average molecular weight is 382 g/mol. The van der Waals surface area contributed by atoms with Gasteiger partial charge in [-0.1, -0.05) is 41.9 Å². The maximum atomic E-state index is 12.0. The Labute approximate surface area is 160 Å². The summed E-state index contributed by atoms with van der Waals surface area (Å²) in [5.41, 5.74) is 3.81. The van der Waals surface area contributed by atoms with Crippen molar-refractivity contribution >= 4 is 46.1 Å². The Morgan fingerprint density at radius 3 is 2.63 bits per heavy atom. The van der Waals surface area contributed by atoms with Crippen LogP contribution in [0.4, 0.5) is 5.69 Å². The molecule has 2 amide bonds. The van der Waals surface area contributed by atoms with Gasteiger partial charge in [-0.2, -0.15) is 5.10 Å². The number of anilines is 1. The molecule has 136 valence electrons. The van der Waals surface area contributed by atoms with Gasteiger partial charge in [0.1, 0.15) is 5.75 Å². The van der Waals surface area contributed by atoms with Gasteiger partial charge in [-0.3, -0.25) is 9.59 Å². The number of amides is 2. The van der Waals surface area contributed by atoms with Gasteiger partial charge < -0.3 is 10.4 Å². The highest BCUT2D eigenvalue weighted by atomic mass is 35.5. The molecule has 0 atom stereocenters. The van der Waals surface area contributed by atoms with Crippen molar-refractivity contribution in [3.05, 3.63) is 70.7 Å². The number of aryl methyl sites for hydroxylation is 1. The predicted octanol–water partition coefficient (Wildman–Crippen LogP) is 3.60. The Morgan fingerprint density at radius 2 is 1.85 bits per heavy atom. The minimum absolute atomic E-state index is 0.0212. The van der Waals surface area contributed by atoms with Gasteiger partial charge in [0, 0.05) is 16.3 Å². The molecule has 3 aromatic carbocycles. The number of carbonyl (C=O) groups excluding carboxylic acids is 2. The number of carbonyl (C=O) groups is 2. The standard InChI is InChI=1S/C20H16ClN3O3/c1-12-10-14(21)7-8-17(12)23-19(26)20(27)24-22-11-16-15-5-3-2-4-13(15)6-9-18(16)25/h2-11,25H,1H3,(H,23,26)(H,24,27)/b22-11-. The Hall–Kier alpha value is -3.38. The molecule has 0 aliphatic heterocycles. The average Bonchev–Trinajstić information content (AvgIpc) is 2.65. The first kappa shape index (κ1) is 18.4. The summed E-state index contributed by atoms with van der Waals surface area (Å²) in [5.74, 6) is -1.77. The summed E-state index contributed by atoms with van der Waals surface area (Å²) in [6, 6.07) is 15.7. The molecule has 3 rings (SSSR count). The van der Waals surface area contributed by atoms with Crippen molar-refractivity contribution in [1.82, 2.24) is 5.43 Å². The van der Waals surface area contributed by atoms with Crippen LogP contribution in [0.2, 0.25) is 5.02 Å². The minimum Gasteiger partial charge on any atom is -0.507 e. The van der Waals surface area contributed by atoms with Crippen LogP contribution in [0.15, 0.2) is 59.7 Å². The normalized spacial score (nSPS) is 10.9. The van der Waals surface area contributed by atoms with Gasteiger partial charge in [-0.05, 0) is 47.5 Å². The van der Waals surface area contributed by atoms with E-state index in [1.165, 1.54) is 6.21 Å². The Morgan fingerprint density at radius 1 is 1.07 bits per heavy atom. The number of nitrogens with one attached hydrogen (secondary N) is 2. The predicted molar refractivity (Wildman–Crippen MR) is 106 cm³/mol. The van der Waals surface area contributed by atoms with E-state index in [0.29, 0.717) is 16.3 Å². The fourth-order valence-electron chi connectivity index (χ4n) is 2.57. The van der Waals surface area contributed by atoms with Gasteiger partial charge in [-0.25, -0.2) is 5.43 Å². The van der Waals surface area contributed by atoms with Crippen LogP contribution in [0.5, 0.6) is 5.75 Å². The molecule has 0 bridgehead atoms. The third-order valence-electron chi connectivity index (χ3n) is 3.95. The van der Waals surface area contributed by atoms with Crippen molar-refractivity contribution in [2.75, 3.05) is 5.32 Å². The van der Waals surface area contributed by atoms with Crippen molar-refractivity contribution in [3.63, 3.8) is 0 Å². The van der Waals surface area contributed by atoms with E-state index in [1.54, 1.807) is 37.3 Å². The zero-order valence-electron chi connectivity index (χ0n) is 14.4. The number of benzene rings is 3. The molecule has 0 aliphatic carbocycles. The van der Waals surface area contributed by atoms with Crippen LogP contribution in [-0.4, -0.2) is 23.1 Å². The Bertz CT molecular complexity index is 1060. The molecule has 0 heterocycles. The third-order valence-corrected chi connectivity index (χ3v) is 4.19. The highest BCUT2D eigenvalue weighted by molar-refractivity contribution is 6.39. The maximum absolute atomic E-state index is 12.0. The lowest BCUT2D eigenvalue weighted by Gasteiger charge is -2.07. The largest absolute Gasteiger partial charge is 0.507 e. The number of phenolic OH excluding ortho intramolecular Hbond substituents is 1. The second-order valence-corrected chi connectivity index (χ2v) is 6.27. The van der Waals surface area contributed by atoms with Gasteiger partial charge in [0.15, 0.2) is 0 Å². The number of hydrogen-bond acceptors (Lipinski definition) is 4. The fourth-order valence-corrected chi connectivity index (χ4v) is 2.80. The number of aromatic hydroxyl groups is 1. The van der Waals surface area contributed by atoms with Crippen LogP contribution in [0.25, 0.3) is 10.8 Å². The summed E-state index contributed by atoms with van der Waals surface area (Å²) in [4.78, 5) is 23.9. The summed E-state index contributed by atoms with van der Waals surface area (Å²) >= 11 is 5.87. The number of phenols is 1. The topological polar surface area (TPSA) is 90.8 Å². The molecule has 3 aromatic rings. The first-order valence-corrected chi connectivity index (χ1v) is 8.45. The lowest BCUT2D eigenvalue weighted by Crippen LogP contribution is -2.32. The monoisotopic (exact) mass is 381 g/mol. The van der Waals surface area contributed by atoms with Crippen molar-refractivity contribution in [2.24, 2.45) is 5.10 Å². The van der Waals surface area contributed by atoms with Gasteiger partial charge in [0.2, 0.25) is 0 Å². The molecule has 3 N–H and O–H groups in total. The Balaban J connectivity index is 1.70. The number of nitrogens with zero attached hydrogens (tertiary/aromatic N) is 1. The van der Waals surface area contributed by atoms with Crippen LogP contribution in [-0.2, 0) is 9.59 Å². The van der Waals surface area contributed by atoms with Crippen LogP contribution >= 0.6 is 11.6 Å². The number of hydrazone groups is 1. The van der Waals surface area contributed by atoms with E-state index in [9.17, 15) is 14.7 Å². The van der Waals surface area contributed by atoms with Crippen molar-refractivity contribution in [2.45, 2.75) is 6.92 Å². The number of fused-ring (bicyclic) bond motifs is 1. The highest BCUT2D eigenvalue weighted by Gasteiger charge is 2.14. The first-order chi connectivity index (χ1) is 13.0. The molecule has 27 heavy (non-hydrogen) atoms. The summed E-state index contributed by atoms with van der Waals surface area (Å²) < 4.78 is 0. The number of rotatable bonds is 3. The molecular weight excluding hydrogens is 366 g/mol. The molecule has 0 aromatic heterocycles. The van der Waals surface area contributed by atoms with E-state index >= 15 is 0 Å². The third kappa shape index (κ3) is 4.24. The molecule has 0 radical (unpaired) electrons. The first-order valence-electron chi connectivity index (χ1n) is 8.07. The molecular formula is C20H16ClN3O3. The highest BCUT2D eigenvalue weighted by Crippen LogP contribution is 2.25. The zero-order valence-corrected chi connectivity index (χ0v) is 15.1. The number of halogens is 1. The van der Waals surface area contributed by atoms with Crippen molar-refractivity contribution in [3.8, 4) is 5.75 Å². The maximum Gasteiger partial charge on any atom is 0.329 e. The minimum atomic E-state index is -0.930. The van der Waals surface area contributed by atoms with Crippen LogP contribution < -0.4 is 10.7 Å². The second kappa shape index (κ2) is 7.88. The molecule has 0 fully saturated rings. The fraction of sp³-hybridized carbons (Fsp3) is 0.0500. The van der Waals surface area contributed by atoms with E-state index in [-0.39, 0.29) is 5.75 Å². The molecule has 0 unspecified atom stereocenters. The van der Waals surface area contributed by atoms with E-state index < -0.39 is 11.8 Å². The van der Waals surface area contributed by atoms with Gasteiger partial charge >= 0.3 is 11.8 Å². The van der Waals surface area contributed by atoms with E-state index in [0.717, 1.165) is 16.3 Å². The molecule has 0 aliphatic rings. The molecule has 0 saturated carbocycles. The SMILES string of the molecule is Cc1cc(Cl)ccc1NC(=O)C(=O)N/N=C\c1c(O)ccc2ccccc12. The van der Waals surface area contributed by atoms with Gasteiger partial charge in [-0.15, -0.1) is 0 Å². The molecule has 0 saturated heterocycles. The smallest absolute Gasteiger partial charge is 0.329 e. The summed E-state index contributed by atoms with van der Waals surface area (Å²) in [7, 11) is 0. The van der Waals surface area contributed by atoms with Gasteiger partial charge in [0.05, 0.1) is 6.21 Å². The van der Waals surface area contributed by atoms with Crippen LogP contribution in [0.3, 0.4) is 0 Å². The quantitative estimate of drug-likeness (QED) is 0.368. The van der Waals surface area contributed by atoms with E-state index in [1.807, 2.05) is 24.3 Å². The lowest BCUT2D eigenvalue weighted by atomic mass is 10.0. The van der Waals surface area contributed by atoms with Crippen LogP contribution in [0.1, 0.15) is 11.1 Å². The van der Waals surface area contributed by atoms with Gasteiger partial charge in [0.25, 0.3) is 0 Å². The van der Waals surface area contributed by atoms with Crippen LogP contribution in [0, 0.1) is 6.92 Å². The molecule has 6 nitrogen and oxygen atoms in total. The summed E-state index contributed by atoms with van der Waals surface area (Å²) in [6.07, 6.45) is 1.30. The van der Waals surface area contributed by atoms with E-state index in [2.05, 4.69) is 15.8 Å². The Kier molecular flexibility index (Phi) is 5.38. The lowest BCUT2D eigenvalue weighted by molar-refractivity contribution is -0.136. The van der Waals surface area contributed by atoms with E-state index in [4.69, 9.17) is 11.6 Å². The van der Waals surface area contributed by atoms with Crippen molar-refractivity contribution in [1.29, 1.82) is 0 Å².